The van der Waals surface area contributed by atoms with Gasteiger partial charge in [0.15, 0.2) is 0 Å². The van der Waals surface area contributed by atoms with Gasteiger partial charge in [-0.1, -0.05) is 31.3 Å². The Labute approximate surface area is 125 Å². The first-order valence-corrected chi connectivity index (χ1v) is 7.77. The summed E-state index contributed by atoms with van der Waals surface area (Å²) in [7, 11) is 0. The van der Waals surface area contributed by atoms with E-state index in [9.17, 15) is 0 Å². The average molecular weight is 287 g/mol. The third kappa shape index (κ3) is 2.57. The van der Waals surface area contributed by atoms with Crippen molar-refractivity contribution < 1.29 is 0 Å². The molecule has 2 aromatic rings. The summed E-state index contributed by atoms with van der Waals surface area (Å²) in [6, 6.07) is 8.40. The van der Waals surface area contributed by atoms with Crippen LogP contribution < -0.4 is 5.73 Å². The van der Waals surface area contributed by atoms with E-state index in [1.807, 2.05) is 0 Å². The Bertz CT molecular complexity index is 640. The normalized spacial score (nSPS) is 16.4. The smallest absolute Gasteiger partial charge is 0.109 e. The number of fused-ring (bicyclic) bond motifs is 1. The third-order valence-electron chi connectivity index (χ3n) is 4.21. The molecule has 2 N–H and O–H groups in total. The van der Waals surface area contributed by atoms with E-state index in [1.165, 1.54) is 24.2 Å². The second-order valence-corrected chi connectivity index (χ2v) is 6.52. The van der Waals surface area contributed by atoms with Crippen LogP contribution in [0.1, 0.15) is 38.4 Å². The zero-order valence-corrected chi connectivity index (χ0v) is 12.7. The summed E-state index contributed by atoms with van der Waals surface area (Å²) in [4.78, 5) is 5.43. The molecular formula is C16H21N3S. The molecule has 1 aromatic heterocycles. The molecule has 0 atom stereocenters. The lowest BCUT2D eigenvalue weighted by Gasteiger charge is -2.17. The molecular weight excluding hydrogens is 266 g/mol. The molecule has 0 saturated heterocycles. The van der Waals surface area contributed by atoms with E-state index in [2.05, 4.69) is 35.8 Å². The maximum Gasteiger partial charge on any atom is 0.109 e. The number of hydrogen-bond acceptors (Lipinski definition) is 2. The monoisotopic (exact) mass is 287 g/mol. The van der Waals surface area contributed by atoms with Crippen molar-refractivity contribution in [1.29, 1.82) is 0 Å². The first kappa shape index (κ1) is 13.6. The number of nitrogens with two attached hydrogens (primary N) is 1. The van der Waals surface area contributed by atoms with Crippen LogP contribution in [-0.2, 0) is 13.0 Å². The molecule has 0 unspecified atom stereocenters. The van der Waals surface area contributed by atoms with Crippen molar-refractivity contribution in [3.05, 3.63) is 30.1 Å². The van der Waals surface area contributed by atoms with E-state index < -0.39 is 0 Å². The highest BCUT2D eigenvalue weighted by atomic mass is 32.1. The second-order valence-electron chi connectivity index (χ2n) is 6.00. The number of aryl methyl sites for hydroxylation is 1. The summed E-state index contributed by atoms with van der Waals surface area (Å²) in [5, 5.41) is 0. The largest absolute Gasteiger partial charge is 0.393 e. The quantitative estimate of drug-likeness (QED) is 0.828. The van der Waals surface area contributed by atoms with E-state index in [0.717, 1.165) is 31.3 Å². The summed E-state index contributed by atoms with van der Waals surface area (Å²) in [6.45, 7) is 3.20. The minimum atomic E-state index is 0.289. The van der Waals surface area contributed by atoms with E-state index in [4.69, 9.17) is 22.9 Å². The molecule has 0 spiro atoms. The van der Waals surface area contributed by atoms with Crippen LogP contribution in [0, 0.1) is 5.41 Å². The Hall–Kier alpha value is -1.42. The summed E-state index contributed by atoms with van der Waals surface area (Å²) >= 11 is 5.11. The molecule has 3 rings (SSSR count). The van der Waals surface area contributed by atoms with Crippen LogP contribution in [0.15, 0.2) is 24.3 Å². The Morgan fingerprint density at radius 1 is 1.40 bits per heavy atom. The molecule has 106 valence electrons. The standard InChI is InChI=1S/C16H21N3S/c1-2-5-15-18-12-6-3-4-7-13(12)19(15)11-16(8-9-16)10-14(17)20/h3-4,6-7H,2,5,8-11H2,1H3,(H2,17,20). The highest BCUT2D eigenvalue weighted by Crippen LogP contribution is 2.50. The Morgan fingerprint density at radius 2 is 2.15 bits per heavy atom. The zero-order chi connectivity index (χ0) is 14.2. The van der Waals surface area contributed by atoms with Crippen molar-refractivity contribution in [2.24, 2.45) is 11.1 Å². The predicted octanol–water partition coefficient (Wildman–Crippen LogP) is 3.45. The highest BCUT2D eigenvalue weighted by molar-refractivity contribution is 7.80. The van der Waals surface area contributed by atoms with Gasteiger partial charge in [-0.3, -0.25) is 0 Å². The topological polar surface area (TPSA) is 43.8 Å². The van der Waals surface area contributed by atoms with Gasteiger partial charge in [0.1, 0.15) is 5.82 Å². The lowest BCUT2D eigenvalue weighted by atomic mass is 10.0. The van der Waals surface area contributed by atoms with Gasteiger partial charge in [0, 0.05) is 19.4 Å². The Kier molecular flexibility index (Phi) is 3.50. The fourth-order valence-electron chi connectivity index (χ4n) is 2.99. The number of para-hydroxylation sites is 2. The fraction of sp³-hybridized carbons (Fsp3) is 0.500. The maximum atomic E-state index is 5.76. The molecule has 0 aliphatic heterocycles. The lowest BCUT2D eigenvalue weighted by Crippen LogP contribution is -2.21. The van der Waals surface area contributed by atoms with Crippen molar-refractivity contribution in [2.45, 2.75) is 45.6 Å². The molecule has 0 bridgehead atoms. The van der Waals surface area contributed by atoms with Crippen LogP contribution in [0.2, 0.25) is 0 Å². The minimum Gasteiger partial charge on any atom is -0.393 e. The molecule has 1 aliphatic carbocycles. The van der Waals surface area contributed by atoms with Gasteiger partial charge in [-0.15, -0.1) is 0 Å². The lowest BCUT2D eigenvalue weighted by molar-refractivity contribution is 0.435. The van der Waals surface area contributed by atoms with E-state index in [0.29, 0.717) is 4.99 Å². The highest BCUT2D eigenvalue weighted by Gasteiger charge is 2.43. The Morgan fingerprint density at radius 3 is 2.80 bits per heavy atom. The molecule has 1 aromatic carbocycles. The minimum absolute atomic E-state index is 0.289. The van der Waals surface area contributed by atoms with Gasteiger partial charge in [0.05, 0.1) is 16.0 Å². The van der Waals surface area contributed by atoms with Crippen LogP contribution in [0.3, 0.4) is 0 Å². The third-order valence-corrected chi connectivity index (χ3v) is 4.35. The Balaban J connectivity index is 1.97. The zero-order valence-electron chi connectivity index (χ0n) is 11.9. The summed E-state index contributed by atoms with van der Waals surface area (Å²) in [5.74, 6) is 1.20. The van der Waals surface area contributed by atoms with Gasteiger partial charge in [0.2, 0.25) is 0 Å². The number of nitrogens with zero attached hydrogens (tertiary/aromatic N) is 2. The van der Waals surface area contributed by atoms with Gasteiger partial charge in [0.25, 0.3) is 0 Å². The first-order valence-electron chi connectivity index (χ1n) is 7.36. The van der Waals surface area contributed by atoms with Gasteiger partial charge >= 0.3 is 0 Å². The van der Waals surface area contributed by atoms with Gasteiger partial charge in [-0.2, -0.15) is 0 Å². The molecule has 0 amide bonds. The average Bonchev–Trinajstić information content (AvgIpc) is 3.06. The molecule has 0 radical (unpaired) electrons. The van der Waals surface area contributed by atoms with E-state index >= 15 is 0 Å². The second kappa shape index (κ2) is 5.17. The van der Waals surface area contributed by atoms with Crippen molar-refractivity contribution in [3.63, 3.8) is 0 Å². The van der Waals surface area contributed by atoms with Crippen LogP contribution in [0.5, 0.6) is 0 Å². The fourth-order valence-corrected chi connectivity index (χ4v) is 3.30. The molecule has 1 saturated carbocycles. The molecule has 1 fully saturated rings. The van der Waals surface area contributed by atoms with E-state index in [1.54, 1.807) is 0 Å². The van der Waals surface area contributed by atoms with Gasteiger partial charge in [-0.05, 0) is 36.8 Å². The molecule has 1 heterocycles. The van der Waals surface area contributed by atoms with Crippen LogP contribution in [0.4, 0.5) is 0 Å². The van der Waals surface area contributed by atoms with Crippen LogP contribution in [-0.4, -0.2) is 14.5 Å². The van der Waals surface area contributed by atoms with Crippen molar-refractivity contribution in [3.8, 4) is 0 Å². The summed E-state index contributed by atoms with van der Waals surface area (Å²) in [5.41, 5.74) is 8.39. The first-order chi connectivity index (χ1) is 9.63. The number of hydrogen-bond donors (Lipinski definition) is 1. The van der Waals surface area contributed by atoms with Crippen molar-refractivity contribution in [1.82, 2.24) is 9.55 Å². The number of thiocarbonyl (C=S) groups is 1. The predicted molar refractivity (Wildman–Crippen MR) is 86.8 cm³/mol. The van der Waals surface area contributed by atoms with Crippen molar-refractivity contribution in [2.75, 3.05) is 0 Å². The molecule has 1 aliphatic rings. The van der Waals surface area contributed by atoms with Crippen molar-refractivity contribution >= 4 is 28.2 Å². The van der Waals surface area contributed by atoms with Crippen LogP contribution in [0.25, 0.3) is 11.0 Å². The number of benzene rings is 1. The SMILES string of the molecule is CCCc1nc2ccccc2n1CC1(CC(N)=S)CC1. The summed E-state index contributed by atoms with van der Waals surface area (Å²) in [6.07, 6.45) is 5.45. The molecule has 3 nitrogen and oxygen atoms in total. The van der Waals surface area contributed by atoms with E-state index in [-0.39, 0.29) is 5.41 Å². The number of imidazole rings is 1. The number of aromatic nitrogens is 2. The number of rotatable bonds is 6. The molecule has 20 heavy (non-hydrogen) atoms. The van der Waals surface area contributed by atoms with Crippen LogP contribution >= 0.6 is 12.2 Å². The van der Waals surface area contributed by atoms with Gasteiger partial charge in [-0.25, -0.2) is 4.98 Å². The maximum absolute atomic E-state index is 5.76. The molecule has 4 heteroatoms. The van der Waals surface area contributed by atoms with Gasteiger partial charge < -0.3 is 10.3 Å². The summed E-state index contributed by atoms with van der Waals surface area (Å²) < 4.78 is 2.39.